The fraction of sp³-hybridized carbons (Fsp3) is 0.259. The number of aromatic nitrogens is 2. The molecule has 0 bridgehead atoms. The molecule has 1 saturated heterocycles. The van der Waals surface area contributed by atoms with Crippen LogP contribution in [0, 0.1) is 6.92 Å². The van der Waals surface area contributed by atoms with E-state index in [1.165, 1.54) is 29.0 Å². The Morgan fingerprint density at radius 1 is 1.26 bits per heavy atom. The molecule has 5 rings (SSSR count). The first-order valence-corrected chi connectivity index (χ1v) is 11.6. The third-order valence-electron chi connectivity index (χ3n) is 6.57. The van der Waals surface area contributed by atoms with E-state index in [-0.39, 0.29) is 0 Å². The van der Waals surface area contributed by atoms with Crippen molar-refractivity contribution in [2.45, 2.75) is 32.2 Å². The van der Waals surface area contributed by atoms with Crippen molar-refractivity contribution in [3.63, 3.8) is 0 Å². The standard InChI is InChI=1S/C27H28N4O3/c1-18-17-24(30-34-18)27-22(21-5-2-3-6-23(21)28-27)14-16-31-15-4-7-25(31)20-11-8-19(9-12-20)10-13-26(32)29-33/h2-3,5-6,8-13,17,25,28,33H,4,7,14-16H2,1H3,(H,29,32). The molecule has 1 unspecified atom stereocenters. The van der Waals surface area contributed by atoms with Gasteiger partial charge in [-0.15, -0.1) is 0 Å². The maximum Gasteiger partial charge on any atom is 0.267 e. The van der Waals surface area contributed by atoms with E-state index in [2.05, 4.69) is 45.4 Å². The molecule has 34 heavy (non-hydrogen) atoms. The second kappa shape index (κ2) is 9.67. The average molecular weight is 457 g/mol. The molecule has 2 aromatic carbocycles. The molecular formula is C27H28N4O3. The molecule has 1 fully saturated rings. The summed E-state index contributed by atoms with van der Waals surface area (Å²) >= 11 is 0. The first-order chi connectivity index (χ1) is 16.6. The summed E-state index contributed by atoms with van der Waals surface area (Å²) in [4.78, 5) is 17.3. The lowest BCUT2D eigenvalue weighted by molar-refractivity contribution is -0.124. The lowest BCUT2D eigenvalue weighted by atomic mass is 10.0. The van der Waals surface area contributed by atoms with Crippen molar-refractivity contribution in [2.24, 2.45) is 0 Å². The van der Waals surface area contributed by atoms with Gasteiger partial charge in [-0.05, 0) is 61.6 Å². The molecule has 0 radical (unpaired) electrons. The van der Waals surface area contributed by atoms with E-state index in [4.69, 9.17) is 9.73 Å². The van der Waals surface area contributed by atoms with Gasteiger partial charge in [-0.1, -0.05) is 47.6 Å². The highest BCUT2D eigenvalue weighted by Gasteiger charge is 2.26. The number of H-pyrrole nitrogens is 1. The smallest absolute Gasteiger partial charge is 0.267 e. The molecule has 7 nitrogen and oxygen atoms in total. The Kier molecular flexibility index (Phi) is 6.29. The van der Waals surface area contributed by atoms with Crippen molar-refractivity contribution in [3.05, 3.63) is 83.1 Å². The zero-order valence-electron chi connectivity index (χ0n) is 19.1. The Labute approximate surface area is 198 Å². The number of nitrogens with one attached hydrogen (secondary N) is 2. The molecular weight excluding hydrogens is 428 g/mol. The van der Waals surface area contributed by atoms with Crippen LogP contribution in [-0.2, 0) is 11.2 Å². The van der Waals surface area contributed by atoms with E-state index >= 15 is 0 Å². The van der Waals surface area contributed by atoms with E-state index in [0.29, 0.717) is 6.04 Å². The van der Waals surface area contributed by atoms with Crippen molar-refractivity contribution in [1.82, 2.24) is 20.5 Å². The molecule has 1 amide bonds. The second-order valence-corrected chi connectivity index (χ2v) is 8.77. The molecule has 0 saturated carbocycles. The van der Waals surface area contributed by atoms with Crippen LogP contribution in [0.25, 0.3) is 28.4 Å². The van der Waals surface area contributed by atoms with Gasteiger partial charge in [-0.25, -0.2) is 5.48 Å². The molecule has 0 aliphatic carbocycles. The lowest BCUT2D eigenvalue weighted by Crippen LogP contribution is -2.25. The van der Waals surface area contributed by atoms with Crippen molar-refractivity contribution in [3.8, 4) is 11.4 Å². The van der Waals surface area contributed by atoms with Gasteiger partial charge in [0.2, 0.25) is 0 Å². The van der Waals surface area contributed by atoms with Crippen molar-refractivity contribution >= 4 is 22.9 Å². The summed E-state index contributed by atoms with van der Waals surface area (Å²) < 4.78 is 5.35. The van der Waals surface area contributed by atoms with E-state index in [0.717, 1.165) is 54.2 Å². The highest BCUT2D eigenvalue weighted by Crippen LogP contribution is 2.34. The van der Waals surface area contributed by atoms with Gasteiger partial charge in [0.15, 0.2) is 0 Å². The van der Waals surface area contributed by atoms with Gasteiger partial charge in [0, 0.05) is 35.6 Å². The normalized spacial score (nSPS) is 16.6. The lowest BCUT2D eigenvalue weighted by Gasteiger charge is -2.25. The molecule has 1 atom stereocenters. The number of likely N-dealkylation sites (tertiary alicyclic amines) is 1. The monoisotopic (exact) mass is 456 g/mol. The minimum Gasteiger partial charge on any atom is -0.361 e. The van der Waals surface area contributed by atoms with Gasteiger partial charge < -0.3 is 9.51 Å². The third kappa shape index (κ3) is 4.53. The molecule has 4 aromatic rings. The first kappa shape index (κ1) is 22.1. The minimum absolute atomic E-state index is 0.377. The zero-order valence-corrected chi connectivity index (χ0v) is 19.1. The fourth-order valence-electron chi connectivity index (χ4n) is 4.93. The van der Waals surface area contributed by atoms with E-state index in [9.17, 15) is 4.79 Å². The number of para-hydroxylation sites is 1. The number of carbonyl (C=O) groups excluding carboxylic acids is 1. The van der Waals surface area contributed by atoms with Gasteiger partial charge in [0.1, 0.15) is 11.5 Å². The summed E-state index contributed by atoms with van der Waals surface area (Å²) in [5.41, 5.74) is 8.09. The predicted molar refractivity (Wildman–Crippen MR) is 131 cm³/mol. The molecule has 1 aliphatic rings. The predicted octanol–water partition coefficient (Wildman–Crippen LogP) is 5.03. The van der Waals surface area contributed by atoms with Crippen LogP contribution in [0.4, 0.5) is 0 Å². The van der Waals surface area contributed by atoms with Crippen LogP contribution in [0.1, 0.15) is 41.3 Å². The van der Waals surface area contributed by atoms with Crippen LogP contribution in [0.5, 0.6) is 0 Å². The SMILES string of the molecule is Cc1cc(-c2[nH]c3ccccc3c2CCN2CCCC2c2ccc(C=CC(=O)NO)cc2)no1. The number of carbonyl (C=O) groups is 1. The number of nitrogens with zero attached hydrogens (tertiary/aromatic N) is 2. The van der Waals surface area contributed by atoms with E-state index < -0.39 is 5.91 Å². The van der Waals surface area contributed by atoms with Crippen LogP contribution < -0.4 is 5.48 Å². The van der Waals surface area contributed by atoms with Gasteiger partial charge in [0.05, 0.1) is 5.69 Å². The maximum absolute atomic E-state index is 11.2. The Morgan fingerprint density at radius 2 is 2.09 bits per heavy atom. The number of fused-ring (bicyclic) bond motifs is 1. The Morgan fingerprint density at radius 3 is 2.85 bits per heavy atom. The largest absolute Gasteiger partial charge is 0.361 e. The summed E-state index contributed by atoms with van der Waals surface area (Å²) in [5.74, 6) is 0.262. The number of hydroxylamine groups is 1. The minimum atomic E-state index is -0.538. The van der Waals surface area contributed by atoms with Crippen molar-refractivity contribution in [1.29, 1.82) is 0 Å². The maximum atomic E-state index is 11.2. The van der Waals surface area contributed by atoms with Gasteiger partial charge in [-0.2, -0.15) is 0 Å². The molecule has 0 spiro atoms. The number of hydrogen-bond donors (Lipinski definition) is 3. The van der Waals surface area contributed by atoms with E-state index in [1.54, 1.807) is 11.6 Å². The topological polar surface area (TPSA) is 94.4 Å². The van der Waals surface area contributed by atoms with Crippen molar-refractivity contribution in [2.75, 3.05) is 13.1 Å². The van der Waals surface area contributed by atoms with Crippen LogP contribution >= 0.6 is 0 Å². The quantitative estimate of drug-likeness (QED) is 0.206. The highest BCUT2D eigenvalue weighted by atomic mass is 16.5. The molecule has 3 heterocycles. The zero-order chi connectivity index (χ0) is 23.5. The number of hydrogen-bond acceptors (Lipinski definition) is 5. The number of aromatic amines is 1. The summed E-state index contributed by atoms with van der Waals surface area (Å²) in [7, 11) is 0. The summed E-state index contributed by atoms with van der Waals surface area (Å²) in [6.45, 7) is 3.94. The number of rotatable bonds is 7. The Balaban J connectivity index is 1.34. The summed E-state index contributed by atoms with van der Waals surface area (Å²) in [6, 6.07) is 19.0. The fourth-order valence-corrected chi connectivity index (χ4v) is 4.93. The van der Waals surface area contributed by atoms with Crippen LogP contribution in [0.2, 0.25) is 0 Å². The number of aryl methyl sites for hydroxylation is 1. The van der Waals surface area contributed by atoms with Gasteiger partial charge >= 0.3 is 0 Å². The molecule has 2 aromatic heterocycles. The Hall–Kier alpha value is -3.68. The Bertz CT molecular complexity index is 1320. The van der Waals surface area contributed by atoms with Crippen LogP contribution in [0.15, 0.2) is 65.2 Å². The number of benzene rings is 2. The second-order valence-electron chi connectivity index (χ2n) is 8.77. The van der Waals surface area contributed by atoms with Crippen LogP contribution in [0.3, 0.4) is 0 Å². The molecule has 174 valence electrons. The highest BCUT2D eigenvalue weighted by molar-refractivity contribution is 5.91. The summed E-state index contributed by atoms with van der Waals surface area (Å²) in [6.07, 6.45) is 6.22. The van der Waals surface area contributed by atoms with E-state index in [1.807, 2.05) is 31.2 Å². The van der Waals surface area contributed by atoms with Gasteiger partial charge in [-0.3, -0.25) is 14.9 Å². The van der Waals surface area contributed by atoms with Crippen molar-refractivity contribution < 1.29 is 14.5 Å². The number of amides is 1. The molecule has 3 N–H and O–H groups in total. The third-order valence-corrected chi connectivity index (χ3v) is 6.57. The van der Waals surface area contributed by atoms with Gasteiger partial charge in [0.25, 0.3) is 5.91 Å². The molecule has 7 heteroatoms. The summed E-state index contributed by atoms with van der Waals surface area (Å²) in [5, 5.41) is 14.1. The first-order valence-electron chi connectivity index (χ1n) is 11.6. The average Bonchev–Trinajstić information content (AvgIpc) is 3.59. The van der Waals surface area contributed by atoms with Crippen LogP contribution in [-0.4, -0.2) is 39.2 Å². The molecule has 1 aliphatic heterocycles.